The average Bonchev–Trinajstić information content (AvgIpc) is 3.17. The number of nitrogens with one attached hydrogen (secondary N) is 2. The molecule has 1 aliphatic rings. The summed E-state index contributed by atoms with van der Waals surface area (Å²) in [6.45, 7) is 5.58. The molecule has 3 rings (SSSR count). The van der Waals surface area contributed by atoms with Crippen LogP contribution in [0, 0.1) is 5.41 Å². The number of benzene rings is 1. The molecular weight excluding hydrogens is 545 g/mol. The van der Waals surface area contributed by atoms with E-state index in [0.717, 1.165) is 6.92 Å². The summed E-state index contributed by atoms with van der Waals surface area (Å²) in [6, 6.07) is 2.73. The minimum Gasteiger partial charge on any atom is -0.496 e. The minimum absolute atomic E-state index is 0.0203. The van der Waals surface area contributed by atoms with Crippen molar-refractivity contribution in [1.82, 2.24) is 15.1 Å². The predicted molar refractivity (Wildman–Crippen MR) is 142 cm³/mol. The van der Waals surface area contributed by atoms with Crippen molar-refractivity contribution in [3.63, 3.8) is 0 Å². The minimum atomic E-state index is -4.41. The Labute approximate surface area is 226 Å². The summed E-state index contributed by atoms with van der Waals surface area (Å²) in [5.41, 5.74) is 0.866. The van der Waals surface area contributed by atoms with Crippen LogP contribution in [0.15, 0.2) is 18.2 Å². The molecule has 1 aliphatic carbocycles. The van der Waals surface area contributed by atoms with E-state index >= 15 is 0 Å². The molecular formula is C25H34ClF3N4O4S. The van der Waals surface area contributed by atoms with E-state index in [2.05, 4.69) is 15.7 Å². The molecule has 1 saturated carbocycles. The van der Waals surface area contributed by atoms with Crippen LogP contribution in [0.4, 0.5) is 18.9 Å². The highest BCUT2D eigenvalue weighted by molar-refractivity contribution is 7.91. The molecule has 212 valence electrons. The van der Waals surface area contributed by atoms with Gasteiger partial charge in [0, 0.05) is 36.7 Å². The molecule has 1 fully saturated rings. The number of alkyl halides is 3. The molecule has 38 heavy (non-hydrogen) atoms. The van der Waals surface area contributed by atoms with Crippen molar-refractivity contribution in [2.75, 3.05) is 25.2 Å². The third kappa shape index (κ3) is 6.74. The number of nitrogens with zero attached hydrogens (tertiary/aromatic N) is 2. The summed E-state index contributed by atoms with van der Waals surface area (Å²) >= 11 is 6.65. The van der Waals surface area contributed by atoms with Crippen LogP contribution in [-0.4, -0.2) is 61.5 Å². The fraction of sp³-hybridized carbons (Fsp3) is 0.600. The fourth-order valence-electron chi connectivity index (χ4n) is 4.65. The van der Waals surface area contributed by atoms with Gasteiger partial charge in [0.15, 0.2) is 5.69 Å². The van der Waals surface area contributed by atoms with Crippen molar-refractivity contribution in [1.29, 1.82) is 0 Å². The number of sulfone groups is 1. The van der Waals surface area contributed by atoms with Crippen LogP contribution in [0.3, 0.4) is 0 Å². The van der Waals surface area contributed by atoms with E-state index in [0.29, 0.717) is 50.0 Å². The topological polar surface area (TPSA) is 102 Å². The molecule has 0 unspecified atom stereocenters. The number of rotatable bonds is 9. The molecule has 0 saturated heterocycles. The van der Waals surface area contributed by atoms with Crippen molar-refractivity contribution in [2.24, 2.45) is 5.41 Å². The van der Waals surface area contributed by atoms with Gasteiger partial charge in [-0.25, -0.2) is 8.42 Å². The van der Waals surface area contributed by atoms with Crippen molar-refractivity contribution >= 4 is 33.0 Å². The van der Waals surface area contributed by atoms with Crippen molar-refractivity contribution in [3.8, 4) is 17.0 Å². The zero-order chi connectivity index (χ0) is 28.5. The van der Waals surface area contributed by atoms with E-state index in [4.69, 9.17) is 16.3 Å². The number of aromatic nitrogens is 2. The van der Waals surface area contributed by atoms with E-state index in [1.54, 1.807) is 10.7 Å². The summed E-state index contributed by atoms with van der Waals surface area (Å²) in [4.78, 5) is 13.1. The number of carbonyl (C=O) groups excluding carboxylic acids is 1. The number of methoxy groups -OCH3 is 1. The molecule has 1 amide bonds. The van der Waals surface area contributed by atoms with Crippen LogP contribution in [-0.2, 0) is 16.4 Å². The van der Waals surface area contributed by atoms with Gasteiger partial charge in [-0.05, 0) is 57.1 Å². The third-order valence-corrected chi connectivity index (χ3v) is 9.20. The Morgan fingerprint density at radius 3 is 2.47 bits per heavy atom. The highest BCUT2D eigenvalue weighted by atomic mass is 35.5. The van der Waals surface area contributed by atoms with Gasteiger partial charge < -0.3 is 15.4 Å². The summed E-state index contributed by atoms with van der Waals surface area (Å²) < 4.78 is 69.6. The Bertz CT molecular complexity index is 1270. The van der Waals surface area contributed by atoms with Gasteiger partial charge in [0.1, 0.15) is 21.6 Å². The molecule has 0 bridgehead atoms. The molecule has 1 aromatic carbocycles. The van der Waals surface area contributed by atoms with Crippen molar-refractivity contribution in [3.05, 3.63) is 28.9 Å². The Morgan fingerprint density at radius 1 is 1.32 bits per heavy atom. The first kappa shape index (κ1) is 30.1. The first-order valence-electron chi connectivity index (χ1n) is 12.3. The number of amides is 1. The molecule has 0 spiro atoms. The predicted octanol–water partition coefficient (Wildman–Crippen LogP) is 5.32. The van der Waals surface area contributed by atoms with Crippen LogP contribution in [0.25, 0.3) is 11.3 Å². The molecule has 1 aromatic heterocycles. The van der Waals surface area contributed by atoms with Crippen LogP contribution < -0.4 is 15.4 Å². The first-order chi connectivity index (χ1) is 17.6. The molecule has 0 radical (unpaired) electrons. The third-order valence-electron chi connectivity index (χ3n) is 7.16. The maximum Gasteiger partial charge on any atom is 0.408 e. The number of carbonyl (C=O) groups is 1. The van der Waals surface area contributed by atoms with E-state index in [1.165, 1.54) is 25.5 Å². The zero-order valence-corrected chi connectivity index (χ0v) is 23.6. The molecule has 2 aromatic rings. The Kier molecular flexibility index (Phi) is 8.97. The normalized spacial score (nSPS) is 21.1. The van der Waals surface area contributed by atoms with E-state index in [1.807, 2.05) is 13.8 Å². The van der Waals surface area contributed by atoms with Gasteiger partial charge in [-0.1, -0.05) is 18.5 Å². The molecule has 1 atom stereocenters. The number of ether oxygens (including phenoxy) is 1. The lowest BCUT2D eigenvalue weighted by molar-refractivity contribution is -0.138. The second-order valence-electron chi connectivity index (χ2n) is 10.2. The lowest BCUT2D eigenvalue weighted by Gasteiger charge is -2.36. The van der Waals surface area contributed by atoms with Crippen LogP contribution in [0.1, 0.15) is 56.9 Å². The fourth-order valence-corrected chi connectivity index (χ4v) is 6.07. The number of halogens is 4. The Balaban J connectivity index is 1.81. The Hall–Kier alpha value is -2.47. The SMILES string of the molecule is CCn1nc(C(=O)NCC2(C)CCC(S(C)(=O)=O)CC2)c(Cl)c1-c1ccc(N[C@H](C)C(F)(F)F)cc1OC. The Morgan fingerprint density at radius 2 is 1.95 bits per heavy atom. The first-order valence-corrected chi connectivity index (χ1v) is 14.7. The highest BCUT2D eigenvalue weighted by Gasteiger charge is 2.37. The van der Waals surface area contributed by atoms with Crippen molar-refractivity contribution in [2.45, 2.75) is 70.5 Å². The second kappa shape index (κ2) is 11.3. The summed E-state index contributed by atoms with van der Waals surface area (Å²) in [5, 5.41) is 9.44. The van der Waals surface area contributed by atoms with Crippen LogP contribution >= 0.6 is 11.6 Å². The molecule has 0 aliphatic heterocycles. The zero-order valence-electron chi connectivity index (χ0n) is 22.1. The summed E-state index contributed by atoms with van der Waals surface area (Å²) in [7, 11) is -1.70. The van der Waals surface area contributed by atoms with Gasteiger partial charge in [0.05, 0.1) is 23.1 Å². The maximum atomic E-state index is 13.1. The van der Waals surface area contributed by atoms with Gasteiger partial charge in [-0.3, -0.25) is 9.48 Å². The van der Waals surface area contributed by atoms with Gasteiger partial charge in [0.25, 0.3) is 5.91 Å². The van der Waals surface area contributed by atoms with E-state index in [-0.39, 0.29) is 32.8 Å². The van der Waals surface area contributed by atoms with Crippen molar-refractivity contribution < 1.29 is 31.1 Å². The second-order valence-corrected chi connectivity index (χ2v) is 12.9. The van der Waals surface area contributed by atoms with Gasteiger partial charge >= 0.3 is 6.18 Å². The molecule has 8 nitrogen and oxygen atoms in total. The number of hydrogen-bond donors (Lipinski definition) is 2. The number of hydrogen-bond acceptors (Lipinski definition) is 6. The lowest BCUT2D eigenvalue weighted by atomic mass is 9.75. The quantitative estimate of drug-likeness (QED) is 0.418. The average molecular weight is 579 g/mol. The maximum absolute atomic E-state index is 13.1. The standard InChI is InChI=1S/C25H34ClF3N4O4S/c1-6-33-22(18-8-7-16(13-19(18)37-4)31-15(2)25(27,28)29)20(26)21(32-33)23(34)30-14-24(3)11-9-17(10-12-24)38(5,35)36/h7-8,13,15,17,31H,6,9-12,14H2,1-5H3,(H,30,34)/t15-,17?,24?/m1/s1. The highest BCUT2D eigenvalue weighted by Crippen LogP contribution is 2.40. The summed E-state index contributed by atoms with van der Waals surface area (Å²) in [6.07, 6.45) is -0.730. The molecule has 13 heteroatoms. The van der Waals surface area contributed by atoms with E-state index in [9.17, 15) is 26.4 Å². The van der Waals surface area contributed by atoms with Crippen LogP contribution in [0.5, 0.6) is 5.75 Å². The van der Waals surface area contributed by atoms with Gasteiger partial charge in [0.2, 0.25) is 0 Å². The molecule has 2 N–H and O–H groups in total. The van der Waals surface area contributed by atoms with Gasteiger partial charge in [-0.15, -0.1) is 0 Å². The monoisotopic (exact) mass is 578 g/mol. The molecule has 1 heterocycles. The largest absolute Gasteiger partial charge is 0.496 e. The van der Waals surface area contributed by atoms with Gasteiger partial charge in [-0.2, -0.15) is 18.3 Å². The smallest absolute Gasteiger partial charge is 0.408 e. The summed E-state index contributed by atoms with van der Waals surface area (Å²) in [5.74, 6) is -0.200. The lowest BCUT2D eigenvalue weighted by Crippen LogP contribution is -2.40. The number of aryl methyl sites for hydroxylation is 1. The van der Waals surface area contributed by atoms with E-state index < -0.39 is 28.0 Å². The van der Waals surface area contributed by atoms with Crippen LogP contribution in [0.2, 0.25) is 5.02 Å². The number of anilines is 1.